The topological polar surface area (TPSA) is 52.0 Å². The SMILES string of the molecule is Cc1cc(N)cc(C)c1Cc1ccc(CCCCCCCCCCCCCc2ccc(Cc3c(C)cc(N)cc3C)cc2)cc1. The van der Waals surface area contributed by atoms with Crippen molar-refractivity contribution in [3.8, 4) is 0 Å². The second-order valence-corrected chi connectivity index (χ2v) is 13.6. The molecule has 0 aromatic heterocycles. The van der Waals surface area contributed by atoms with Gasteiger partial charge in [-0.3, -0.25) is 0 Å². The average Bonchev–Trinajstić information content (AvgIpc) is 3.00. The van der Waals surface area contributed by atoms with Crippen LogP contribution in [0.25, 0.3) is 0 Å². The van der Waals surface area contributed by atoms with E-state index in [0.717, 1.165) is 24.2 Å². The predicted molar refractivity (Wildman–Crippen MR) is 197 cm³/mol. The Morgan fingerprint density at radius 2 is 0.600 bits per heavy atom. The minimum atomic E-state index is 0.862. The van der Waals surface area contributed by atoms with Gasteiger partial charge in [-0.2, -0.15) is 0 Å². The molecule has 0 heterocycles. The van der Waals surface area contributed by atoms with Crippen LogP contribution in [0.1, 0.15) is 126 Å². The summed E-state index contributed by atoms with van der Waals surface area (Å²) in [6.45, 7) is 8.68. The summed E-state index contributed by atoms with van der Waals surface area (Å²) in [4.78, 5) is 0. The van der Waals surface area contributed by atoms with Gasteiger partial charge in [-0.25, -0.2) is 0 Å². The first-order valence-electron chi connectivity index (χ1n) is 17.7. The molecule has 0 aliphatic carbocycles. The van der Waals surface area contributed by atoms with Crippen LogP contribution in [-0.4, -0.2) is 0 Å². The molecule has 0 amide bonds. The van der Waals surface area contributed by atoms with Crippen molar-refractivity contribution in [2.24, 2.45) is 0 Å². The fraction of sp³-hybridized carbons (Fsp3) is 0.442. The summed E-state index contributed by atoms with van der Waals surface area (Å²) in [6.07, 6.45) is 19.5. The van der Waals surface area contributed by atoms with Crippen LogP contribution >= 0.6 is 0 Å². The number of nitrogen functional groups attached to an aromatic ring is 2. The van der Waals surface area contributed by atoms with Crippen molar-refractivity contribution < 1.29 is 0 Å². The van der Waals surface area contributed by atoms with Gasteiger partial charge in [0.05, 0.1) is 0 Å². The summed E-state index contributed by atoms with van der Waals surface area (Å²) < 4.78 is 0. The first-order valence-corrected chi connectivity index (χ1v) is 17.7. The number of aryl methyl sites for hydroxylation is 6. The molecule has 4 N–H and O–H groups in total. The Labute approximate surface area is 274 Å². The molecule has 0 fully saturated rings. The van der Waals surface area contributed by atoms with E-state index in [9.17, 15) is 0 Å². The van der Waals surface area contributed by atoms with Gasteiger partial charge in [0.2, 0.25) is 0 Å². The fourth-order valence-electron chi connectivity index (χ4n) is 6.92. The standard InChI is InChI=1S/C43H58N2/c1-32-26-40(44)27-33(2)42(32)30-38-22-18-36(19-23-38)16-14-12-10-8-6-5-7-9-11-13-15-17-37-20-24-39(25-21-37)31-43-34(3)28-41(45)29-35(43)4/h18-29H,5-17,30-31,44-45H2,1-4H3. The highest BCUT2D eigenvalue weighted by molar-refractivity contribution is 5.51. The molecule has 0 spiro atoms. The molecule has 2 nitrogen and oxygen atoms in total. The van der Waals surface area contributed by atoms with Crippen molar-refractivity contribution in [1.29, 1.82) is 0 Å². The van der Waals surface area contributed by atoms with Crippen molar-refractivity contribution in [2.75, 3.05) is 11.5 Å². The first-order chi connectivity index (χ1) is 21.8. The van der Waals surface area contributed by atoms with Gasteiger partial charge in [0, 0.05) is 11.4 Å². The average molecular weight is 603 g/mol. The summed E-state index contributed by atoms with van der Waals surface area (Å²) in [7, 11) is 0. The van der Waals surface area contributed by atoms with Gasteiger partial charge in [-0.05, 0) is 146 Å². The number of hydrogen-bond acceptors (Lipinski definition) is 2. The van der Waals surface area contributed by atoms with Crippen LogP contribution in [0, 0.1) is 27.7 Å². The third kappa shape index (κ3) is 11.4. The van der Waals surface area contributed by atoms with Crippen LogP contribution in [0.3, 0.4) is 0 Å². The number of anilines is 2. The van der Waals surface area contributed by atoms with Gasteiger partial charge in [0.25, 0.3) is 0 Å². The minimum absolute atomic E-state index is 0.862. The summed E-state index contributed by atoms with van der Waals surface area (Å²) in [5, 5.41) is 0. The van der Waals surface area contributed by atoms with Crippen LogP contribution < -0.4 is 11.5 Å². The van der Waals surface area contributed by atoms with Crippen molar-refractivity contribution in [1.82, 2.24) is 0 Å². The number of nitrogens with two attached hydrogens (primary N) is 2. The Morgan fingerprint density at radius 1 is 0.356 bits per heavy atom. The molecule has 45 heavy (non-hydrogen) atoms. The van der Waals surface area contributed by atoms with Gasteiger partial charge < -0.3 is 11.5 Å². The molecular formula is C43H58N2. The lowest BCUT2D eigenvalue weighted by Crippen LogP contribution is -1.98. The van der Waals surface area contributed by atoms with E-state index in [-0.39, 0.29) is 0 Å². The van der Waals surface area contributed by atoms with Gasteiger partial charge >= 0.3 is 0 Å². The number of unbranched alkanes of at least 4 members (excludes halogenated alkanes) is 10. The van der Waals surface area contributed by atoms with Crippen LogP contribution in [0.4, 0.5) is 11.4 Å². The molecule has 0 atom stereocenters. The van der Waals surface area contributed by atoms with Crippen LogP contribution in [-0.2, 0) is 25.7 Å². The van der Waals surface area contributed by atoms with Crippen LogP contribution in [0.2, 0.25) is 0 Å². The third-order valence-electron chi connectivity index (χ3n) is 9.68. The molecule has 240 valence electrons. The molecule has 2 heteroatoms. The second-order valence-electron chi connectivity index (χ2n) is 13.6. The Hall–Kier alpha value is -3.52. The lowest BCUT2D eigenvalue weighted by molar-refractivity contribution is 0.545. The summed E-state index contributed by atoms with van der Waals surface area (Å²) in [5.74, 6) is 0. The molecule has 4 aromatic rings. The Kier molecular flexibility index (Phi) is 13.6. The van der Waals surface area contributed by atoms with Crippen molar-refractivity contribution in [2.45, 2.75) is 124 Å². The normalized spacial score (nSPS) is 11.3. The highest BCUT2D eigenvalue weighted by Crippen LogP contribution is 2.24. The maximum Gasteiger partial charge on any atom is 0.0319 e. The van der Waals surface area contributed by atoms with E-state index in [1.807, 2.05) is 0 Å². The molecule has 0 radical (unpaired) electrons. The van der Waals surface area contributed by atoms with Gasteiger partial charge in [-0.1, -0.05) is 106 Å². The van der Waals surface area contributed by atoms with Gasteiger partial charge in [0.15, 0.2) is 0 Å². The Bertz CT molecular complexity index is 1300. The largest absolute Gasteiger partial charge is 0.399 e. The smallest absolute Gasteiger partial charge is 0.0319 e. The fourth-order valence-corrected chi connectivity index (χ4v) is 6.92. The monoisotopic (exact) mass is 602 g/mol. The van der Waals surface area contributed by atoms with Crippen LogP contribution in [0.15, 0.2) is 72.8 Å². The van der Waals surface area contributed by atoms with Crippen LogP contribution in [0.5, 0.6) is 0 Å². The molecule has 0 aliphatic heterocycles. The zero-order valence-corrected chi connectivity index (χ0v) is 28.7. The van der Waals surface area contributed by atoms with E-state index in [1.54, 1.807) is 0 Å². The molecule has 4 aromatic carbocycles. The maximum atomic E-state index is 6.00. The highest BCUT2D eigenvalue weighted by atomic mass is 14.5. The number of rotatable bonds is 18. The maximum absolute atomic E-state index is 6.00. The van der Waals surface area contributed by atoms with E-state index < -0.39 is 0 Å². The van der Waals surface area contributed by atoms with E-state index in [0.29, 0.717) is 0 Å². The molecule has 0 unspecified atom stereocenters. The predicted octanol–water partition coefficient (Wildman–Crippen LogP) is 11.3. The lowest BCUT2D eigenvalue weighted by Gasteiger charge is -2.12. The highest BCUT2D eigenvalue weighted by Gasteiger charge is 2.07. The Morgan fingerprint density at radius 3 is 0.889 bits per heavy atom. The van der Waals surface area contributed by atoms with E-state index in [4.69, 9.17) is 11.5 Å². The van der Waals surface area contributed by atoms with Crippen molar-refractivity contribution in [3.05, 3.63) is 128 Å². The molecule has 0 saturated heterocycles. The second kappa shape index (κ2) is 17.8. The van der Waals surface area contributed by atoms with Gasteiger partial charge in [-0.15, -0.1) is 0 Å². The number of benzene rings is 4. The summed E-state index contributed by atoms with van der Waals surface area (Å²) in [6, 6.07) is 26.9. The molecule has 0 bridgehead atoms. The zero-order chi connectivity index (χ0) is 32.0. The zero-order valence-electron chi connectivity index (χ0n) is 28.7. The quantitative estimate of drug-likeness (QED) is 0.0879. The minimum Gasteiger partial charge on any atom is -0.399 e. The summed E-state index contributed by atoms with van der Waals surface area (Å²) >= 11 is 0. The summed E-state index contributed by atoms with van der Waals surface area (Å²) in [5.41, 5.74) is 27.4. The molecular weight excluding hydrogens is 544 g/mol. The van der Waals surface area contributed by atoms with Crippen molar-refractivity contribution in [3.63, 3.8) is 0 Å². The first kappa shape index (κ1) is 34.4. The lowest BCUT2D eigenvalue weighted by atomic mass is 9.94. The molecule has 4 rings (SSSR count). The van der Waals surface area contributed by atoms with E-state index in [2.05, 4.69) is 100 Å². The van der Waals surface area contributed by atoms with Crippen molar-refractivity contribution >= 4 is 11.4 Å². The number of hydrogen-bond donors (Lipinski definition) is 2. The van der Waals surface area contributed by atoms with Gasteiger partial charge in [0.1, 0.15) is 0 Å². The molecule has 0 aliphatic rings. The Balaban J connectivity index is 0.981. The van der Waals surface area contributed by atoms with E-state index in [1.165, 1.54) is 139 Å². The van der Waals surface area contributed by atoms with E-state index >= 15 is 0 Å². The molecule has 0 saturated carbocycles. The third-order valence-corrected chi connectivity index (χ3v) is 9.68.